The molecule has 2 aromatic rings. The van der Waals surface area contributed by atoms with Crippen molar-refractivity contribution in [2.24, 2.45) is 0 Å². The summed E-state index contributed by atoms with van der Waals surface area (Å²) in [6, 6.07) is 9.45. The fraction of sp³-hybridized carbons (Fsp3) is 0.318. The number of rotatable bonds is 4. The molecule has 4 rings (SSSR count). The predicted molar refractivity (Wildman–Crippen MR) is 106 cm³/mol. The van der Waals surface area contributed by atoms with Crippen LogP contribution in [0.25, 0.3) is 5.76 Å². The number of carbonyl (C=O) groups excluding carboxylic acids is 1. The van der Waals surface area contributed by atoms with Gasteiger partial charge in [0.1, 0.15) is 5.76 Å². The molecule has 0 bridgehead atoms. The Bertz CT molecular complexity index is 987. The van der Waals surface area contributed by atoms with Crippen molar-refractivity contribution >= 4 is 23.1 Å². The van der Waals surface area contributed by atoms with Crippen molar-refractivity contribution in [3.05, 3.63) is 65.0 Å². The molecular weight excluding hydrogens is 338 g/mol. The Morgan fingerprint density at radius 3 is 2.67 bits per heavy atom. The first kappa shape index (κ1) is 17.5. The van der Waals surface area contributed by atoms with Gasteiger partial charge >= 0.3 is 0 Å². The molecule has 5 heteroatoms. The molecule has 1 amide bonds. The van der Waals surface area contributed by atoms with Crippen LogP contribution in [-0.4, -0.2) is 27.8 Å². The van der Waals surface area contributed by atoms with E-state index in [0.717, 1.165) is 29.8 Å². The summed E-state index contributed by atoms with van der Waals surface area (Å²) in [5, 5.41) is 18.8. The summed E-state index contributed by atoms with van der Waals surface area (Å²) in [5.41, 5.74) is 3.69. The number of aryl methyl sites for hydroxylation is 1. The highest BCUT2D eigenvalue weighted by atomic mass is 16.3. The van der Waals surface area contributed by atoms with E-state index in [-0.39, 0.29) is 23.4 Å². The molecule has 0 saturated heterocycles. The summed E-state index contributed by atoms with van der Waals surface area (Å²) in [5.74, 6) is 0.144. The second-order valence-corrected chi connectivity index (χ2v) is 7.89. The van der Waals surface area contributed by atoms with Gasteiger partial charge in [-0.1, -0.05) is 12.1 Å². The van der Waals surface area contributed by atoms with E-state index < -0.39 is 5.41 Å². The van der Waals surface area contributed by atoms with Crippen molar-refractivity contribution < 1.29 is 9.90 Å². The first-order valence-corrected chi connectivity index (χ1v) is 9.20. The molecule has 0 radical (unpaired) electrons. The van der Waals surface area contributed by atoms with Crippen molar-refractivity contribution in [1.82, 2.24) is 4.98 Å². The minimum absolute atomic E-state index is 0.0187. The first-order valence-electron chi connectivity index (χ1n) is 9.20. The highest BCUT2D eigenvalue weighted by Gasteiger charge is 2.48. The average Bonchev–Trinajstić information content (AvgIpc) is 3.43. The summed E-state index contributed by atoms with van der Waals surface area (Å²) < 4.78 is 0. The van der Waals surface area contributed by atoms with Crippen molar-refractivity contribution in [3.8, 4) is 0 Å². The van der Waals surface area contributed by atoms with Gasteiger partial charge in [-0.2, -0.15) is 0 Å². The van der Waals surface area contributed by atoms with Crippen LogP contribution in [0.1, 0.15) is 49.1 Å². The quantitative estimate of drug-likeness (QED) is 0.634. The Kier molecular flexibility index (Phi) is 3.91. The van der Waals surface area contributed by atoms with Gasteiger partial charge in [-0.3, -0.25) is 9.78 Å². The number of allylic oxidation sites excluding steroid dienone is 1. The van der Waals surface area contributed by atoms with Crippen LogP contribution in [0.2, 0.25) is 0 Å². The number of aliphatic hydroxyl groups is 1. The van der Waals surface area contributed by atoms with E-state index in [1.807, 2.05) is 49.9 Å². The normalized spacial score (nSPS) is 18.6. The predicted octanol–water partition coefficient (Wildman–Crippen LogP) is 4.14. The van der Waals surface area contributed by atoms with E-state index in [0.29, 0.717) is 11.1 Å². The maximum absolute atomic E-state index is 12.9. The summed E-state index contributed by atoms with van der Waals surface area (Å²) >= 11 is 0. The van der Waals surface area contributed by atoms with Crippen LogP contribution in [0.15, 0.2) is 42.6 Å². The van der Waals surface area contributed by atoms with Crippen molar-refractivity contribution in [2.75, 3.05) is 4.90 Å². The zero-order valence-corrected chi connectivity index (χ0v) is 15.8. The van der Waals surface area contributed by atoms with E-state index in [9.17, 15) is 9.90 Å². The molecule has 2 heterocycles. The second kappa shape index (κ2) is 6.05. The minimum atomic E-state index is -0.545. The topological polar surface area (TPSA) is 77.3 Å². The molecule has 0 atom stereocenters. The number of aromatic nitrogens is 1. The molecule has 27 heavy (non-hydrogen) atoms. The van der Waals surface area contributed by atoms with Crippen molar-refractivity contribution in [2.45, 2.75) is 45.1 Å². The summed E-state index contributed by atoms with van der Waals surface area (Å²) in [6.07, 6.45) is 5.15. The molecule has 138 valence electrons. The lowest BCUT2D eigenvalue weighted by Crippen LogP contribution is -2.37. The van der Waals surface area contributed by atoms with Gasteiger partial charge in [0, 0.05) is 40.8 Å². The molecule has 1 aromatic heterocycles. The molecule has 0 unspecified atom stereocenters. The van der Waals surface area contributed by atoms with Crippen LogP contribution >= 0.6 is 0 Å². The van der Waals surface area contributed by atoms with Crippen molar-refractivity contribution in [3.63, 3.8) is 0 Å². The van der Waals surface area contributed by atoms with Gasteiger partial charge in [-0.25, -0.2) is 0 Å². The number of nitrogens with one attached hydrogen (secondary N) is 1. The van der Waals surface area contributed by atoms with Crippen LogP contribution in [0.4, 0.5) is 5.69 Å². The number of pyridine rings is 1. The highest BCUT2D eigenvalue weighted by Crippen LogP contribution is 2.47. The van der Waals surface area contributed by atoms with Gasteiger partial charge in [0.15, 0.2) is 0 Å². The third kappa shape index (κ3) is 2.93. The maximum atomic E-state index is 12.9. The number of nitrogens with zero attached hydrogens (tertiary/aromatic N) is 2. The summed E-state index contributed by atoms with van der Waals surface area (Å²) in [4.78, 5) is 18.9. The van der Waals surface area contributed by atoms with Gasteiger partial charge in [-0.15, -0.1) is 0 Å². The lowest BCUT2D eigenvalue weighted by Gasteiger charge is -2.19. The van der Waals surface area contributed by atoms with Crippen LogP contribution in [-0.2, 0) is 10.2 Å². The largest absolute Gasteiger partial charge is 0.507 e. The van der Waals surface area contributed by atoms with Gasteiger partial charge in [0.2, 0.25) is 5.91 Å². The van der Waals surface area contributed by atoms with E-state index in [4.69, 9.17) is 5.41 Å². The lowest BCUT2D eigenvalue weighted by molar-refractivity contribution is -0.122. The van der Waals surface area contributed by atoms with Crippen molar-refractivity contribution in [1.29, 1.82) is 5.41 Å². The van der Waals surface area contributed by atoms with Gasteiger partial charge < -0.3 is 15.4 Å². The average molecular weight is 361 g/mol. The van der Waals surface area contributed by atoms with E-state index in [2.05, 4.69) is 4.98 Å². The Morgan fingerprint density at radius 2 is 2.00 bits per heavy atom. The number of benzene rings is 1. The molecule has 1 saturated carbocycles. The lowest BCUT2D eigenvalue weighted by atomic mass is 9.86. The van der Waals surface area contributed by atoms with Crippen LogP contribution in [0.3, 0.4) is 0 Å². The van der Waals surface area contributed by atoms with Gasteiger partial charge in [0.25, 0.3) is 0 Å². The molecule has 2 N–H and O–H groups in total. The third-order valence-corrected chi connectivity index (χ3v) is 5.38. The number of carbonyl (C=O) groups is 1. The Hall–Kier alpha value is -2.95. The molecule has 1 fully saturated rings. The van der Waals surface area contributed by atoms with Crippen LogP contribution in [0.5, 0.6) is 0 Å². The van der Waals surface area contributed by atoms with Gasteiger partial charge in [-0.05, 0) is 57.4 Å². The number of amides is 1. The maximum Gasteiger partial charge on any atom is 0.237 e. The Balaban J connectivity index is 1.69. The Morgan fingerprint density at radius 1 is 1.26 bits per heavy atom. The monoisotopic (exact) mass is 361 g/mol. The highest BCUT2D eigenvalue weighted by molar-refractivity contribution is 6.11. The van der Waals surface area contributed by atoms with E-state index >= 15 is 0 Å². The number of anilines is 1. The van der Waals surface area contributed by atoms with Crippen LogP contribution in [0, 0.1) is 12.3 Å². The fourth-order valence-electron chi connectivity index (χ4n) is 3.66. The minimum Gasteiger partial charge on any atom is -0.507 e. The molecule has 0 spiro atoms. The number of hydrogen-bond donors (Lipinski definition) is 2. The number of fused-ring (bicyclic) bond motifs is 1. The standard InChI is InChI=1S/C22H23N3O2/c1-13-10-14(8-9-24-13)18(23)12-20(26)15-4-7-17-19(11-15)25(16-5-6-16)21(27)22(17,2)3/h4,7-12,16,23,26H,5-6H2,1-3H3/b20-12-,23-18?. The number of hydrogen-bond acceptors (Lipinski definition) is 4. The van der Waals surface area contributed by atoms with Gasteiger partial charge in [0.05, 0.1) is 11.1 Å². The molecule has 5 nitrogen and oxygen atoms in total. The molecule has 1 aliphatic carbocycles. The number of aliphatic hydroxyl groups excluding tert-OH is 1. The fourth-order valence-corrected chi connectivity index (χ4v) is 3.66. The van der Waals surface area contributed by atoms with E-state index in [1.165, 1.54) is 6.08 Å². The molecule has 1 aromatic carbocycles. The summed E-state index contributed by atoms with van der Waals surface area (Å²) in [7, 11) is 0. The Labute approximate surface area is 158 Å². The zero-order chi connectivity index (χ0) is 19.3. The SMILES string of the molecule is Cc1cc(C(=N)/C=C(\O)c2ccc3c(c2)N(C2CC2)C(=O)C3(C)C)ccn1. The first-order chi connectivity index (χ1) is 12.8. The van der Waals surface area contributed by atoms with E-state index in [1.54, 1.807) is 12.3 Å². The molecule has 1 aliphatic heterocycles. The zero-order valence-electron chi connectivity index (χ0n) is 15.8. The smallest absolute Gasteiger partial charge is 0.237 e. The van der Waals surface area contributed by atoms with Crippen LogP contribution < -0.4 is 4.90 Å². The molecule has 2 aliphatic rings. The molecular formula is C22H23N3O2. The third-order valence-electron chi connectivity index (χ3n) is 5.38. The second-order valence-electron chi connectivity index (χ2n) is 7.89. The summed E-state index contributed by atoms with van der Waals surface area (Å²) in [6.45, 7) is 5.77.